The molecule has 1 saturated heterocycles. The molecule has 0 unspecified atom stereocenters. The number of nitrogens with zero attached hydrogens (tertiary/aromatic N) is 1. The van der Waals surface area contributed by atoms with Gasteiger partial charge in [0.25, 0.3) is 5.79 Å². The molecule has 96 valence electrons. The summed E-state index contributed by atoms with van der Waals surface area (Å²) in [5.74, 6) is -2.72. The molecule has 1 aromatic heterocycles. The minimum absolute atomic E-state index is 0.318. The fourth-order valence-electron chi connectivity index (χ4n) is 1.49. The number of hydrogen-bond donors (Lipinski definition) is 0. The molecule has 0 radical (unpaired) electrons. The fraction of sp³-hybridized carbons (Fsp3) is 0.417. The lowest BCUT2D eigenvalue weighted by molar-refractivity contribution is -0.235. The van der Waals surface area contributed by atoms with Crippen molar-refractivity contribution in [3.05, 3.63) is 17.9 Å². The van der Waals surface area contributed by atoms with Crippen LogP contribution in [0.4, 0.5) is 5.88 Å². The van der Waals surface area contributed by atoms with Crippen LogP contribution in [0.3, 0.4) is 0 Å². The van der Waals surface area contributed by atoms with Crippen LogP contribution >= 0.6 is 0 Å². The topological polar surface area (TPSA) is 78.1 Å². The van der Waals surface area contributed by atoms with Crippen molar-refractivity contribution >= 4 is 24.0 Å². The van der Waals surface area contributed by atoms with E-state index in [1.165, 1.54) is 13.8 Å². The third-order valence-corrected chi connectivity index (χ3v) is 2.28. The van der Waals surface area contributed by atoms with Gasteiger partial charge in [0, 0.05) is 26.1 Å². The molecule has 0 aromatic carbocycles. The van der Waals surface area contributed by atoms with Gasteiger partial charge in [-0.2, -0.15) is 0 Å². The molecule has 1 aromatic rings. The molecular weight excluding hydrogens is 238 g/mol. The Bertz CT molecular complexity index is 494. The summed E-state index contributed by atoms with van der Waals surface area (Å²) in [5.41, 5.74) is 0. The minimum Gasteiger partial charge on any atom is -0.444 e. The summed E-state index contributed by atoms with van der Waals surface area (Å²) in [6, 6.07) is 3.36. The molecule has 0 spiro atoms. The van der Waals surface area contributed by atoms with Gasteiger partial charge < -0.3 is 13.9 Å². The Morgan fingerprint density at radius 1 is 1.22 bits per heavy atom. The van der Waals surface area contributed by atoms with E-state index in [4.69, 9.17) is 13.9 Å². The number of aliphatic imine (C=N–C) groups is 1. The van der Waals surface area contributed by atoms with Crippen LogP contribution in [-0.4, -0.2) is 23.9 Å². The maximum atomic E-state index is 11.6. The Hall–Kier alpha value is -2.11. The second-order valence-electron chi connectivity index (χ2n) is 4.38. The Balaban J connectivity index is 2.12. The van der Waals surface area contributed by atoms with E-state index in [2.05, 4.69) is 4.99 Å². The highest BCUT2D eigenvalue weighted by Crippen LogP contribution is 2.23. The van der Waals surface area contributed by atoms with Crippen LogP contribution in [0.1, 0.15) is 19.6 Å². The van der Waals surface area contributed by atoms with Crippen LogP contribution in [0, 0.1) is 12.8 Å². The fourth-order valence-corrected chi connectivity index (χ4v) is 1.49. The van der Waals surface area contributed by atoms with E-state index in [1.807, 2.05) is 0 Å². The number of rotatable bonds is 2. The molecule has 6 heteroatoms. The first-order chi connectivity index (χ1) is 8.37. The average molecular weight is 251 g/mol. The largest absolute Gasteiger partial charge is 0.444 e. The Morgan fingerprint density at radius 2 is 1.83 bits per heavy atom. The zero-order chi connectivity index (χ0) is 13.3. The molecule has 6 nitrogen and oxygen atoms in total. The molecule has 0 N–H and O–H groups in total. The van der Waals surface area contributed by atoms with Gasteiger partial charge in [0.15, 0.2) is 5.92 Å². The van der Waals surface area contributed by atoms with Crippen molar-refractivity contribution in [1.82, 2.24) is 0 Å². The van der Waals surface area contributed by atoms with Gasteiger partial charge in [-0.3, -0.25) is 9.59 Å². The monoisotopic (exact) mass is 251 g/mol. The number of esters is 2. The van der Waals surface area contributed by atoms with Crippen LogP contribution < -0.4 is 0 Å². The second kappa shape index (κ2) is 4.29. The number of carbonyl (C=O) groups is 2. The standard InChI is InChI=1S/C12H13NO5/c1-7-4-5-9(16-7)13-6-8-10(14)17-12(2,3)18-11(8)15/h4-6,8H,1-3H3/b13-6+. The van der Waals surface area contributed by atoms with E-state index in [0.29, 0.717) is 11.6 Å². The SMILES string of the molecule is Cc1ccc(/N=C/C2C(=O)OC(C)(C)OC2=O)o1. The molecule has 0 saturated carbocycles. The predicted octanol–water partition coefficient (Wildman–Crippen LogP) is 1.74. The smallest absolute Gasteiger partial charge is 0.329 e. The molecule has 0 amide bonds. The van der Waals surface area contributed by atoms with Gasteiger partial charge in [-0.25, -0.2) is 4.99 Å². The van der Waals surface area contributed by atoms with Gasteiger partial charge in [0.2, 0.25) is 5.88 Å². The maximum absolute atomic E-state index is 11.6. The number of carbonyl (C=O) groups excluding carboxylic acids is 2. The zero-order valence-electron chi connectivity index (χ0n) is 10.3. The molecule has 1 aliphatic rings. The van der Waals surface area contributed by atoms with Gasteiger partial charge in [0.05, 0.1) is 0 Å². The summed E-state index contributed by atoms with van der Waals surface area (Å²) in [4.78, 5) is 27.1. The number of furan rings is 1. The van der Waals surface area contributed by atoms with Crippen LogP contribution in [0.15, 0.2) is 21.5 Å². The van der Waals surface area contributed by atoms with Gasteiger partial charge in [-0.15, -0.1) is 0 Å². The number of aryl methyl sites for hydroxylation is 1. The number of hydrogen-bond acceptors (Lipinski definition) is 6. The molecule has 1 aliphatic heterocycles. The average Bonchev–Trinajstić information content (AvgIpc) is 2.61. The van der Waals surface area contributed by atoms with E-state index >= 15 is 0 Å². The molecular formula is C12H13NO5. The van der Waals surface area contributed by atoms with E-state index in [1.54, 1.807) is 19.1 Å². The molecule has 2 heterocycles. The lowest BCUT2D eigenvalue weighted by atomic mass is 10.1. The van der Waals surface area contributed by atoms with Crippen LogP contribution in [-0.2, 0) is 19.1 Å². The van der Waals surface area contributed by atoms with Crippen molar-refractivity contribution < 1.29 is 23.5 Å². The van der Waals surface area contributed by atoms with Crippen molar-refractivity contribution in [3.63, 3.8) is 0 Å². The van der Waals surface area contributed by atoms with Crippen LogP contribution in [0.25, 0.3) is 0 Å². The van der Waals surface area contributed by atoms with Crippen LogP contribution in [0.5, 0.6) is 0 Å². The van der Waals surface area contributed by atoms with Gasteiger partial charge >= 0.3 is 11.9 Å². The molecule has 2 rings (SSSR count). The summed E-state index contributed by atoms with van der Waals surface area (Å²) in [6.45, 7) is 4.75. The molecule has 18 heavy (non-hydrogen) atoms. The van der Waals surface area contributed by atoms with Gasteiger partial charge in [-0.1, -0.05) is 0 Å². The lowest BCUT2D eigenvalue weighted by Crippen LogP contribution is -2.46. The predicted molar refractivity (Wildman–Crippen MR) is 61.4 cm³/mol. The number of ether oxygens (including phenoxy) is 2. The van der Waals surface area contributed by atoms with Crippen LogP contribution in [0.2, 0.25) is 0 Å². The molecule has 1 fully saturated rings. The summed E-state index contributed by atoms with van der Waals surface area (Å²) in [7, 11) is 0. The van der Waals surface area contributed by atoms with Crippen molar-refractivity contribution in [1.29, 1.82) is 0 Å². The Labute approximate surface area is 104 Å². The highest BCUT2D eigenvalue weighted by atomic mass is 16.7. The normalized spacial score (nSPS) is 19.9. The maximum Gasteiger partial charge on any atom is 0.329 e. The Morgan fingerprint density at radius 3 is 2.33 bits per heavy atom. The first-order valence-electron chi connectivity index (χ1n) is 5.44. The highest BCUT2D eigenvalue weighted by molar-refractivity contribution is 6.10. The Kier molecular flexibility index (Phi) is 2.94. The minimum atomic E-state index is -1.22. The van der Waals surface area contributed by atoms with E-state index in [0.717, 1.165) is 6.21 Å². The van der Waals surface area contributed by atoms with Crippen molar-refractivity contribution in [2.24, 2.45) is 10.9 Å². The lowest BCUT2D eigenvalue weighted by Gasteiger charge is -2.31. The second-order valence-corrected chi connectivity index (χ2v) is 4.38. The summed E-state index contributed by atoms with van der Waals surface area (Å²) in [6.07, 6.45) is 1.16. The molecule has 0 bridgehead atoms. The highest BCUT2D eigenvalue weighted by Gasteiger charge is 2.42. The number of cyclic esters (lactones) is 2. The summed E-state index contributed by atoms with van der Waals surface area (Å²) < 4.78 is 15.1. The summed E-state index contributed by atoms with van der Waals surface area (Å²) in [5, 5.41) is 0. The first kappa shape index (κ1) is 12.3. The molecule has 0 aliphatic carbocycles. The van der Waals surface area contributed by atoms with Gasteiger partial charge in [-0.05, 0) is 13.0 Å². The van der Waals surface area contributed by atoms with Gasteiger partial charge in [0.1, 0.15) is 5.76 Å². The third kappa shape index (κ3) is 2.58. The van der Waals surface area contributed by atoms with E-state index < -0.39 is 23.6 Å². The van der Waals surface area contributed by atoms with Crippen molar-refractivity contribution in [3.8, 4) is 0 Å². The zero-order valence-corrected chi connectivity index (χ0v) is 10.3. The quantitative estimate of drug-likeness (QED) is 0.454. The van der Waals surface area contributed by atoms with E-state index in [-0.39, 0.29) is 0 Å². The van der Waals surface area contributed by atoms with Crippen molar-refractivity contribution in [2.75, 3.05) is 0 Å². The molecule has 0 atom stereocenters. The third-order valence-electron chi connectivity index (χ3n) is 2.28. The summed E-state index contributed by atoms with van der Waals surface area (Å²) >= 11 is 0. The van der Waals surface area contributed by atoms with E-state index in [9.17, 15) is 9.59 Å². The first-order valence-corrected chi connectivity index (χ1v) is 5.44. The van der Waals surface area contributed by atoms with Crippen molar-refractivity contribution in [2.45, 2.75) is 26.6 Å².